The predicted molar refractivity (Wildman–Crippen MR) is 161 cm³/mol. The van der Waals surface area contributed by atoms with E-state index in [4.69, 9.17) is 14.5 Å². The molecular formula is C30H33N5O6S. The monoisotopic (exact) mass is 591 g/mol. The van der Waals surface area contributed by atoms with E-state index in [9.17, 15) is 19.7 Å². The summed E-state index contributed by atoms with van der Waals surface area (Å²) in [4.78, 5) is 48.2. The number of thiazole rings is 1. The number of fused-ring (bicyclic) bond motifs is 1. The van der Waals surface area contributed by atoms with E-state index in [1.807, 2.05) is 36.9 Å². The molecule has 3 heterocycles. The van der Waals surface area contributed by atoms with Crippen LogP contribution in [-0.4, -0.2) is 66.8 Å². The highest BCUT2D eigenvalue weighted by atomic mass is 32.1. The number of benzene rings is 2. The van der Waals surface area contributed by atoms with Gasteiger partial charge >= 0.3 is 0 Å². The number of carbonyl (C=O) groups is 1. The highest BCUT2D eigenvalue weighted by Gasteiger charge is 2.35. The third kappa shape index (κ3) is 5.35. The first kappa shape index (κ1) is 29.2. The minimum absolute atomic E-state index is 0.0340. The van der Waals surface area contributed by atoms with Crippen molar-refractivity contribution in [1.82, 2.24) is 9.47 Å². The van der Waals surface area contributed by atoms with Gasteiger partial charge in [0.2, 0.25) is 0 Å². The molecule has 0 saturated carbocycles. The van der Waals surface area contributed by atoms with Gasteiger partial charge in [-0.05, 0) is 44.5 Å². The summed E-state index contributed by atoms with van der Waals surface area (Å²) in [5.41, 5.74) is 2.28. The largest absolute Gasteiger partial charge is 0.496 e. The standard InChI is InChI=1S/C30H33N5O6S/c1-5-32(6-2)29(37)26-19(3)31-30-34(27(26)21-9-7-8-10-24(21)40-4)28(36)25(42-30)18-20-11-12-22(23(17-20)35(38)39)33-13-15-41-16-14-33/h7-12,17-18,27H,5-6,13-16H2,1-4H3/b25-18-/t27-/m1/s1. The Bertz CT molecular complexity index is 1730. The van der Waals surface area contributed by atoms with Crippen LogP contribution in [0.25, 0.3) is 6.08 Å². The minimum Gasteiger partial charge on any atom is -0.496 e. The molecule has 0 bridgehead atoms. The number of para-hydroxylation sites is 1. The Balaban J connectivity index is 1.67. The molecule has 11 nitrogen and oxygen atoms in total. The highest BCUT2D eigenvalue weighted by molar-refractivity contribution is 7.07. The van der Waals surface area contributed by atoms with E-state index in [1.165, 1.54) is 22.0 Å². The molecule has 1 fully saturated rings. The van der Waals surface area contributed by atoms with Gasteiger partial charge in [0.25, 0.3) is 17.2 Å². The SMILES string of the molecule is CCN(CC)C(=O)C1=C(C)N=c2s/c(=C\c3ccc(N4CCOCC4)c([N+](=O)[O-])c3)c(=O)n2[C@@H]1c1ccccc1OC. The molecule has 1 atom stereocenters. The van der Waals surface area contributed by atoms with Gasteiger partial charge in [0, 0.05) is 37.8 Å². The van der Waals surface area contributed by atoms with Crippen LogP contribution in [0, 0.1) is 10.1 Å². The zero-order valence-electron chi connectivity index (χ0n) is 24.0. The van der Waals surface area contributed by atoms with E-state index in [2.05, 4.69) is 0 Å². The Morgan fingerprint density at radius 2 is 1.93 bits per heavy atom. The lowest BCUT2D eigenvalue weighted by atomic mass is 9.94. The predicted octanol–water partition coefficient (Wildman–Crippen LogP) is 2.86. The second-order valence-corrected chi connectivity index (χ2v) is 10.9. The smallest absolute Gasteiger partial charge is 0.293 e. The summed E-state index contributed by atoms with van der Waals surface area (Å²) in [6, 6.07) is 11.5. The van der Waals surface area contributed by atoms with Crippen molar-refractivity contribution in [1.29, 1.82) is 0 Å². The number of nitro groups is 1. The maximum atomic E-state index is 14.1. The Morgan fingerprint density at radius 1 is 1.21 bits per heavy atom. The molecule has 0 spiro atoms. The third-order valence-electron chi connectivity index (χ3n) is 7.58. The van der Waals surface area contributed by atoms with Gasteiger partial charge in [-0.1, -0.05) is 35.6 Å². The second-order valence-electron chi connectivity index (χ2n) is 9.91. The molecule has 12 heteroatoms. The molecule has 2 aliphatic rings. The summed E-state index contributed by atoms with van der Waals surface area (Å²) < 4.78 is 12.9. The molecule has 2 aliphatic heterocycles. The van der Waals surface area contributed by atoms with E-state index >= 15 is 0 Å². The van der Waals surface area contributed by atoms with Crippen LogP contribution < -0.4 is 24.5 Å². The summed E-state index contributed by atoms with van der Waals surface area (Å²) in [6.45, 7) is 8.76. The number of hydrogen-bond donors (Lipinski definition) is 0. The van der Waals surface area contributed by atoms with E-state index in [0.717, 1.165) is 0 Å². The highest BCUT2D eigenvalue weighted by Crippen LogP contribution is 2.36. The maximum absolute atomic E-state index is 14.1. The van der Waals surface area contributed by atoms with Crippen molar-refractivity contribution < 1.29 is 19.2 Å². The van der Waals surface area contributed by atoms with Crippen LogP contribution in [-0.2, 0) is 9.53 Å². The van der Waals surface area contributed by atoms with Crippen LogP contribution in [0.1, 0.15) is 37.9 Å². The number of ether oxygens (including phenoxy) is 2. The fraction of sp³-hybridized carbons (Fsp3) is 0.367. The molecule has 42 heavy (non-hydrogen) atoms. The van der Waals surface area contributed by atoms with Crippen molar-refractivity contribution >= 4 is 34.7 Å². The summed E-state index contributed by atoms with van der Waals surface area (Å²) in [5, 5.41) is 12.0. The molecule has 2 aromatic carbocycles. The third-order valence-corrected chi connectivity index (χ3v) is 8.56. The molecular weight excluding hydrogens is 558 g/mol. The number of morpholine rings is 1. The summed E-state index contributed by atoms with van der Waals surface area (Å²) in [7, 11) is 1.55. The van der Waals surface area contributed by atoms with Crippen molar-refractivity contribution in [2.45, 2.75) is 26.8 Å². The first-order valence-electron chi connectivity index (χ1n) is 13.8. The Labute approximate surface area is 246 Å². The number of anilines is 1. The molecule has 0 N–H and O–H groups in total. The molecule has 0 radical (unpaired) electrons. The molecule has 0 unspecified atom stereocenters. The van der Waals surface area contributed by atoms with E-state index in [0.29, 0.717) is 82.6 Å². The van der Waals surface area contributed by atoms with Gasteiger partial charge in [-0.3, -0.25) is 24.3 Å². The van der Waals surface area contributed by atoms with Gasteiger partial charge in [-0.15, -0.1) is 0 Å². The number of nitro benzene ring substituents is 1. The number of amides is 1. The number of hydrogen-bond acceptors (Lipinski definition) is 9. The van der Waals surface area contributed by atoms with E-state index in [-0.39, 0.29) is 17.2 Å². The van der Waals surface area contributed by atoms with Gasteiger partial charge in [0.1, 0.15) is 17.5 Å². The molecule has 0 aliphatic carbocycles. The van der Waals surface area contributed by atoms with Gasteiger partial charge in [-0.25, -0.2) is 4.99 Å². The fourth-order valence-electron chi connectivity index (χ4n) is 5.46. The number of rotatable bonds is 8. The lowest BCUT2D eigenvalue weighted by molar-refractivity contribution is -0.384. The zero-order valence-corrected chi connectivity index (χ0v) is 24.8. The van der Waals surface area contributed by atoms with Crippen LogP contribution in [0.5, 0.6) is 5.75 Å². The normalized spacial score (nSPS) is 17.1. The van der Waals surface area contributed by atoms with Crippen LogP contribution in [0.3, 0.4) is 0 Å². The maximum Gasteiger partial charge on any atom is 0.293 e. The molecule has 3 aromatic rings. The van der Waals surface area contributed by atoms with Crippen molar-refractivity contribution in [2.75, 3.05) is 51.4 Å². The molecule has 220 valence electrons. The van der Waals surface area contributed by atoms with Crippen molar-refractivity contribution in [3.8, 4) is 5.75 Å². The molecule has 1 saturated heterocycles. The van der Waals surface area contributed by atoms with Gasteiger partial charge in [0.15, 0.2) is 4.80 Å². The number of allylic oxidation sites excluding steroid dienone is 1. The average molecular weight is 592 g/mol. The Hall–Kier alpha value is -4.29. The number of likely N-dealkylation sites (N-methyl/N-ethyl adjacent to an activating group) is 1. The van der Waals surface area contributed by atoms with Crippen LogP contribution >= 0.6 is 11.3 Å². The number of nitrogens with zero attached hydrogens (tertiary/aromatic N) is 5. The lowest BCUT2D eigenvalue weighted by Gasteiger charge is -2.29. The number of carbonyl (C=O) groups excluding carboxylic acids is 1. The molecule has 1 amide bonds. The fourth-order valence-corrected chi connectivity index (χ4v) is 6.51. The van der Waals surface area contributed by atoms with E-state index in [1.54, 1.807) is 43.2 Å². The summed E-state index contributed by atoms with van der Waals surface area (Å²) in [6.07, 6.45) is 1.64. The first-order valence-corrected chi connectivity index (χ1v) is 14.7. The average Bonchev–Trinajstić information content (AvgIpc) is 3.31. The van der Waals surface area contributed by atoms with Gasteiger partial charge in [-0.2, -0.15) is 0 Å². The molecule has 1 aromatic heterocycles. The van der Waals surface area contributed by atoms with Crippen molar-refractivity contribution in [3.05, 3.63) is 94.7 Å². The topological polar surface area (TPSA) is 120 Å². The van der Waals surface area contributed by atoms with Crippen LogP contribution in [0.4, 0.5) is 11.4 Å². The zero-order chi connectivity index (χ0) is 30.0. The Morgan fingerprint density at radius 3 is 2.60 bits per heavy atom. The van der Waals surface area contributed by atoms with Crippen LogP contribution in [0.15, 0.2) is 63.5 Å². The second kappa shape index (κ2) is 12.3. The van der Waals surface area contributed by atoms with Gasteiger partial charge < -0.3 is 19.3 Å². The number of aromatic nitrogens is 1. The van der Waals surface area contributed by atoms with Crippen LogP contribution in [0.2, 0.25) is 0 Å². The lowest BCUT2D eigenvalue weighted by Crippen LogP contribution is -2.43. The first-order chi connectivity index (χ1) is 20.3. The van der Waals surface area contributed by atoms with E-state index < -0.39 is 11.0 Å². The summed E-state index contributed by atoms with van der Waals surface area (Å²) in [5.74, 6) is 0.353. The quantitative estimate of drug-likeness (QED) is 0.292. The van der Waals surface area contributed by atoms with Gasteiger partial charge in [0.05, 0.1) is 41.0 Å². The van der Waals surface area contributed by atoms with Crippen molar-refractivity contribution in [2.24, 2.45) is 4.99 Å². The Kier molecular flexibility index (Phi) is 8.55. The summed E-state index contributed by atoms with van der Waals surface area (Å²) >= 11 is 1.18. The molecule has 5 rings (SSSR count). The number of methoxy groups -OCH3 is 1. The minimum atomic E-state index is -0.759. The van der Waals surface area contributed by atoms with Crippen molar-refractivity contribution in [3.63, 3.8) is 0 Å².